The van der Waals surface area contributed by atoms with Crippen LogP contribution in [0.15, 0.2) is 30.3 Å². The van der Waals surface area contributed by atoms with Crippen LogP contribution in [-0.4, -0.2) is 33.9 Å². The highest BCUT2D eigenvalue weighted by molar-refractivity contribution is 6.30. The molecule has 6 heteroatoms. The Bertz CT molecular complexity index is 671. The molecule has 1 heterocycles. The second-order valence-corrected chi connectivity index (χ2v) is 5.23. The van der Waals surface area contributed by atoms with E-state index in [4.69, 9.17) is 11.6 Å². The van der Waals surface area contributed by atoms with E-state index in [1.807, 2.05) is 26.0 Å². The van der Waals surface area contributed by atoms with Gasteiger partial charge in [-0.3, -0.25) is 4.79 Å². The summed E-state index contributed by atoms with van der Waals surface area (Å²) >= 11 is 5.97. The maximum absolute atomic E-state index is 12.4. The molecule has 0 saturated heterocycles. The minimum absolute atomic E-state index is 0.0929. The van der Waals surface area contributed by atoms with Crippen LogP contribution in [0.1, 0.15) is 30.2 Å². The molecule has 1 aromatic heterocycles. The van der Waals surface area contributed by atoms with Gasteiger partial charge in [0.2, 0.25) is 0 Å². The van der Waals surface area contributed by atoms with Gasteiger partial charge < -0.3 is 10.2 Å². The molecule has 0 aliphatic heterocycles. The third kappa shape index (κ3) is 3.95. The van der Waals surface area contributed by atoms with E-state index in [9.17, 15) is 4.79 Å². The third-order valence-electron chi connectivity index (χ3n) is 3.20. The molecule has 1 amide bonds. The van der Waals surface area contributed by atoms with Gasteiger partial charge in [-0.1, -0.05) is 17.7 Å². The molecule has 0 atom stereocenters. The standard InChI is InChI=1S/C16H19ClN4O/c1-4-21(5-2)16(22)14-10-15(19-11(3)18-14)20-13-8-6-7-12(17)9-13/h6-10H,4-5H2,1-3H3,(H,18,19,20). The van der Waals surface area contributed by atoms with Crippen molar-refractivity contribution in [2.75, 3.05) is 18.4 Å². The van der Waals surface area contributed by atoms with E-state index in [2.05, 4.69) is 15.3 Å². The quantitative estimate of drug-likeness (QED) is 0.914. The molecule has 0 spiro atoms. The lowest BCUT2D eigenvalue weighted by molar-refractivity contribution is 0.0766. The summed E-state index contributed by atoms with van der Waals surface area (Å²) in [5, 5.41) is 3.78. The molecule has 0 unspecified atom stereocenters. The Balaban J connectivity index is 2.28. The van der Waals surface area contributed by atoms with E-state index in [1.54, 1.807) is 30.0 Å². The lowest BCUT2D eigenvalue weighted by Crippen LogP contribution is -2.31. The van der Waals surface area contributed by atoms with Crippen LogP contribution in [0.4, 0.5) is 11.5 Å². The smallest absolute Gasteiger partial charge is 0.272 e. The third-order valence-corrected chi connectivity index (χ3v) is 3.44. The predicted molar refractivity (Wildman–Crippen MR) is 88.8 cm³/mol. The number of nitrogens with zero attached hydrogens (tertiary/aromatic N) is 3. The number of rotatable bonds is 5. The van der Waals surface area contributed by atoms with E-state index >= 15 is 0 Å². The number of halogens is 1. The molecule has 0 aliphatic rings. The second kappa shape index (κ2) is 7.22. The number of anilines is 2. The molecule has 0 fully saturated rings. The fourth-order valence-corrected chi connectivity index (χ4v) is 2.32. The Morgan fingerprint density at radius 1 is 1.23 bits per heavy atom. The Kier molecular flexibility index (Phi) is 5.33. The van der Waals surface area contributed by atoms with Gasteiger partial charge in [0, 0.05) is 29.9 Å². The van der Waals surface area contributed by atoms with Crippen LogP contribution in [0.25, 0.3) is 0 Å². The number of hydrogen-bond donors (Lipinski definition) is 1. The minimum atomic E-state index is -0.0929. The molecule has 1 N–H and O–H groups in total. The summed E-state index contributed by atoms with van der Waals surface area (Å²) < 4.78 is 0. The number of carbonyl (C=O) groups excluding carboxylic acids is 1. The lowest BCUT2D eigenvalue weighted by atomic mass is 10.3. The van der Waals surface area contributed by atoms with Gasteiger partial charge in [-0.25, -0.2) is 9.97 Å². The van der Waals surface area contributed by atoms with Crippen molar-refractivity contribution in [3.63, 3.8) is 0 Å². The normalized spacial score (nSPS) is 10.4. The molecule has 116 valence electrons. The Hall–Kier alpha value is -2.14. The van der Waals surface area contributed by atoms with Crippen LogP contribution < -0.4 is 5.32 Å². The molecule has 22 heavy (non-hydrogen) atoms. The molecule has 0 bridgehead atoms. The highest BCUT2D eigenvalue weighted by atomic mass is 35.5. The summed E-state index contributed by atoms with van der Waals surface area (Å²) in [5.41, 5.74) is 1.20. The van der Waals surface area contributed by atoms with Crippen LogP contribution in [0.2, 0.25) is 5.02 Å². The summed E-state index contributed by atoms with van der Waals surface area (Å²) in [6, 6.07) is 8.99. The zero-order valence-corrected chi connectivity index (χ0v) is 13.7. The van der Waals surface area contributed by atoms with Crippen LogP contribution >= 0.6 is 11.6 Å². The number of nitrogens with one attached hydrogen (secondary N) is 1. The van der Waals surface area contributed by atoms with E-state index in [0.29, 0.717) is 35.4 Å². The molecule has 2 rings (SSSR count). The molecule has 0 aliphatic carbocycles. The van der Waals surface area contributed by atoms with Gasteiger partial charge in [-0.05, 0) is 39.0 Å². The second-order valence-electron chi connectivity index (χ2n) is 4.80. The number of hydrogen-bond acceptors (Lipinski definition) is 4. The monoisotopic (exact) mass is 318 g/mol. The summed E-state index contributed by atoms with van der Waals surface area (Å²) in [6.07, 6.45) is 0. The number of benzene rings is 1. The Labute approximate surface area is 135 Å². The van der Waals surface area contributed by atoms with E-state index < -0.39 is 0 Å². The van der Waals surface area contributed by atoms with Gasteiger partial charge in [-0.15, -0.1) is 0 Å². The maximum Gasteiger partial charge on any atom is 0.272 e. The fourth-order valence-electron chi connectivity index (χ4n) is 2.13. The molecule has 0 radical (unpaired) electrons. The number of carbonyl (C=O) groups is 1. The van der Waals surface area contributed by atoms with Crippen molar-refractivity contribution in [1.29, 1.82) is 0 Å². The van der Waals surface area contributed by atoms with Crippen molar-refractivity contribution >= 4 is 29.0 Å². The zero-order chi connectivity index (χ0) is 16.1. The van der Waals surface area contributed by atoms with Crippen LogP contribution in [-0.2, 0) is 0 Å². The SMILES string of the molecule is CCN(CC)C(=O)c1cc(Nc2cccc(Cl)c2)nc(C)n1. The Morgan fingerprint density at radius 3 is 2.59 bits per heavy atom. The van der Waals surface area contributed by atoms with Gasteiger partial charge in [0.1, 0.15) is 17.3 Å². The highest BCUT2D eigenvalue weighted by Gasteiger charge is 2.15. The molecular formula is C16H19ClN4O. The van der Waals surface area contributed by atoms with Crippen molar-refractivity contribution in [1.82, 2.24) is 14.9 Å². The summed E-state index contributed by atoms with van der Waals surface area (Å²) in [6.45, 7) is 6.95. The van der Waals surface area contributed by atoms with Gasteiger partial charge in [0.25, 0.3) is 5.91 Å². The van der Waals surface area contributed by atoms with Gasteiger partial charge in [0.15, 0.2) is 0 Å². The average Bonchev–Trinajstić information content (AvgIpc) is 2.47. The summed E-state index contributed by atoms with van der Waals surface area (Å²) in [5.74, 6) is 1.03. The lowest BCUT2D eigenvalue weighted by Gasteiger charge is -2.18. The molecule has 5 nitrogen and oxygen atoms in total. The first-order chi connectivity index (χ1) is 10.5. The predicted octanol–water partition coefficient (Wildman–Crippen LogP) is 3.66. The molecule has 1 aromatic carbocycles. The van der Waals surface area contributed by atoms with Crippen molar-refractivity contribution in [2.24, 2.45) is 0 Å². The highest BCUT2D eigenvalue weighted by Crippen LogP contribution is 2.19. The number of amides is 1. The maximum atomic E-state index is 12.4. The molecule has 2 aromatic rings. The van der Waals surface area contributed by atoms with Crippen molar-refractivity contribution in [2.45, 2.75) is 20.8 Å². The minimum Gasteiger partial charge on any atom is -0.340 e. The number of aromatic nitrogens is 2. The average molecular weight is 319 g/mol. The van der Waals surface area contributed by atoms with Crippen molar-refractivity contribution < 1.29 is 4.79 Å². The van der Waals surface area contributed by atoms with Crippen molar-refractivity contribution in [3.05, 3.63) is 46.9 Å². The van der Waals surface area contributed by atoms with E-state index in [-0.39, 0.29) is 5.91 Å². The number of aryl methyl sites for hydroxylation is 1. The van der Waals surface area contributed by atoms with Crippen LogP contribution in [0.3, 0.4) is 0 Å². The fraction of sp³-hybridized carbons (Fsp3) is 0.312. The summed E-state index contributed by atoms with van der Waals surface area (Å²) in [4.78, 5) is 22.7. The first-order valence-corrected chi connectivity index (χ1v) is 7.58. The van der Waals surface area contributed by atoms with Gasteiger partial charge in [0.05, 0.1) is 0 Å². The van der Waals surface area contributed by atoms with Crippen molar-refractivity contribution in [3.8, 4) is 0 Å². The van der Waals surface area contributed by atoms with E-state index in [1.165, 1.54) is 0 Å². The first-order valence-electron chi connectivity index (χ1n) is 7.21. The topological polar surface area (TPSA) is 58.1 Å². The largest absolute Gasteiger partial charge is 0.340 e. The van der Waals surface area contributed by atoms with E-state index in [0.717, 1.165) is 5.69 Å². The summed E-state index contributed by atoms with van der Waals surface area (Å²) in [7, 11) is 0. The van der Waals surface area contributed by atoms with Gasteiger partial charge >= 0.3 is 0 Å². The first kappa shape index (κ1) is 16.2. The Morgan fingerprint density at radius 2 is 1.95 bits per heavy atom. The molecular weight excluding hydrogens is 300 g/mol. The zero-order valence-electron chi connectivity index (χ0n) is 12.9. The van der Waals surface area contributed by atoms with Gasteiger partial charge in [-0.2, -0.15) is 0 Å². The molecule has 0 saturated carbocycles. The van der Waals surface area contributed by atoms with Crippen LogP contribution in [0.5, 0.6) is 0 Å². The van der Waals surface area contributed by atoms with Crippen LogP contribution in [0, 0.1) is 6.92 Å².